The highest BCUT2D eigenvalue weighted by molar-refractivity contribution is 7.89. The number of hydrogen-bond donors (Lipinski definition) is 2. The minimum Gasteiger partial charge on any atom is -0.486 e. The van der Waals surface area contributed by atoms with E-state index in [0.29, 0.717) is 37.0 Å². The third-order valence-corrected chi connectivity index (χ3v) is 5.84. The first-order chi connectivity index (χ1) is 13.4. The molecule has 9 heteroatoms. The van der Waals surface area contributed by atoms with E-state index in [9.17, 15) is 13.2 Å². The number of carbonyl (C=O) groups is 1. The van der Waals surface area contributed by atoms with Crippen LogP contribution in [0.5, 0.6) is 11.5 Å². The van der Waals surface area contributed by atoms with Crippen molar-refractivity contribution in [1.29, 1.82) is 0 Å². The quantitative estimate of drug-likeness (QED) is 0.677. The lowest BCUT2D eigenvalue weighted by atomic mass is 10.1. The Labute approximate surface area is 169 Å². The van der Waals surface area contributed by atoms with Crippen molar-refractivity contribution in [3.63, 3.8) is 0 Å². The average Bonchev–Trinajstić information content (AvgIpc) is 2.68. The molecule has 0 saturated heterocycles. The molecular formula is C19H21ClN2O5S. The van der Waals surface area contributed by atoms with Crippen LogP contribution in [0.15, 0.2) is 47.4 Å². The van der Waals surface area contributed by atoms with Crippen molar-refractivity contribution in [2.75, 3.05) is 26.3 Å². The van der Waals surface area contributed by atoms with Gasteiger partial charge in [-0.05, 0) is 48.4 Å². The van der Waals surface area contributed by atoms with Crippen molar-refractivity contribution in [1.82, 2.24) is 10.0 Å². The number of fused-ring (bicyclic) bond motifs is 1. The zero-order valence-electron chi connectivity index (χ0n) is 15.1. The van der Waals surface area contributed by atoms with Crippen LogP contribution in [0.1, 0.15) is 12.0 Å². The van der Waals surface area contributed by atoms with Crippen LogP contribution in [0.25, 0.3) is 0 Å². The Bertz CT molecular complexity index is 932. The van der Waals surface area contributed by atoms with Crippen LogP contribution in [0.3, 0.4) is 0 Å². The maximum absolute atomic E-state index is 12.1. The number of amides is 1. The van der Waals surface area contributed by atoms with Gasteiger partial charge in [-0.2, -0.15) is 0 Å². The maximum Gasteiger partial charge on any atom is 0.240 e. The summed E-state index contributed by atoms with van der Waals surface area (Å²) in [6, 6.07) is 11.5. The Balaban J connectivity index is 1.39. The van der Waals surface area contributed by atoms with Crippen LogP contribution in [-0.4, -0.2) is 40.6 Å². The number of carbonyl (C=O) groups excluding carboxylic acids is 1. The lowest BCUT2D eigenvalue weighted by Gasteiger charge is -2.18. The van der Waals surface area contributed by atoms with E-state index in [0.717, 1.165) is 11.3 Å². The average molecular weight is 425 g/mol. The van der Waals surface area contributed by atoms with Crippen molar-refractivity contribution < 1.29 is 22.7 Å². The van der Waals surface area contributed by atoms with Gasteiger partial charge in [-0.3, -0.25) is 4.79 Å². The number of halogens is 1. The first-order valence-electron chi connectivity index (χ1n) is 8.84. The molecular weight excluding hydrogens is 404 g/mol. The fraction of sp³-hybridized carbons (Fsp3) is 0.316. The van der Waals surface area contributed by atoms with Crippen LogP contribution in [0.2, 0.25) is 5.02 Å². The first kappa shape index (κ1) is 20.4. The van der Waals surface area contributed by atoms with Crippen LogP contribution in [0.4, 0.5) is 0 Å². The summed E-state index contributed by atoms with van der Waals surface area (Å²) in [5.41, 5.74) is 1.02. The molecule has 1 aliphatic rings. The molecule has 0 saturated carbocycles. The van der Waals surface area contributed by atoms with Crippen LogP contribution < -0.4 is 19.5 Å². The third-order valence-electron chi connectivity index (χ3n) is 4.11. The number of nitrogens with one attached hydrogen (secondary N) is 2. The van der Waals surface area contributed by atoms with Gasteiger partial charge in [0.2, 0.25) is 15.9 Å². The van der Waals surface area contributed by atoms with E-state index in [1.165, 1.54) is 24.3 Å². The number of ether oxygens (including phenoxy) is 2. The molecule has 150 valence electrons. The number of hydrogen-bond acceptors (Lipinski definition) is 5. The molecule has 0 spiro atoms. The Morgan fingerprint density at radius 3 is 2.46 bits per heavy atom. The second-order valence-electron chi connectivity index (χ2n) is 6.18. The van der Waals surface area contributed by atoms with Gasteiger partial charge in [-0.15, -0.1) is 0 Å². The number of rotatable bonds is 8. The topological polar surface area (TPSA) is 93.7 Å². The van der Waals surface area contributed by atoms with E-state index in [1.54, 1.807) is 0 Å². The van der Waals surface area contributed by atoms with Gasteiger partial charge in [0.15, 0.2) is 11.5 Å². The fourth-order valence-electron chi connectivity index (χ4n) is 2.67. The molecule has 3 rings (SSSR count). The van der Waals surface area contributed by atoms with Gasteiger partial charge in [0.1, 0.15) is 13.2 Å². The van der Waals surface area contributed by atoms with Crippen molar-refractivity contribution in [2.24, 2.45) is 0 Å². The summed E-state index contributed by atoms with van der Waals surface area (Å²) in [4.78, 5) is 12.0. The van der Waals surface area contributed by atoms with Crippen LogP contribution >= 0.6 is 11.6 Å². The fourth-order valence-corrected chi connectivity index (χ4v) is 3.83. The molecule has 2 aromatic carbocycles. The summed E-state index contributed by atoms with van der Waals surface area (Å²) in [6.45, 7) is 1.53. The van der Waals surface area contributed by atoms with E-state index in [2.05, 4.69) is 10.0 Å². The largest absolute Gasteiger partial charge is 0.486 e. The summed E-state index contributed by atoms with van der Waals surface area (Å²) in [5.74, 6) is 1.22. The van der Waals surface area contributed by atoms with Crippen LogP contribution in [0, 0.1) is 0 Å². The second kappa shape index (κ2) is 9.27. The summed E-state index contributed by atoms with van der Waals surface area (Å²) >= 11 is 5.75. The van der Waals surface area contributed by atoms with E-state index in [-0.39, 0.29) is 23.8 Å². The van der Waals surface area contributed by atoms with Crippen molar-refractivity contribution in [2.45, 2.75) is 17.7 Å². The van der Waals surface area contributed by atoms with Crippen molar-refractivity contribution in [3.05, 3.63) is 53.1 Å². The van der Waals surface area contributed by atoms with Gasteiger partial charge in [-0.1, -0.05) is 17.7 Å². The van der Waals surface area contributed by atoms with Gasteiger partial charge >= 0.3 is 0 Å². The van der Waals surface area contributed by atoms with E-state index >= 15 is 0 Å². The monoisotopic (exact) mass is 424 g/mol. The molecule has 2 N–H and O–H groups in total. The van der Waals surface area contributed by atoms with E-state index in [1.807, 2.05) is 18.2 Å². The summed E-state index contributed by atoms with van der Waals surface area (Å²) in [5, 5.41) is 3.24. The minimum atomic E-state index is -3.66. The summed E-state index contributed by atoms with van der Waals surface area (Å²) < 4.78 is 37.7. The molecule has 0 aromatic heterocycles. The molecule has 1 heterocycles. The normalized spacial score (nSPS) is 13.2. The Kier molecular flexibility index (Phi) is 6.77. The standard InChI is InChI=1S/C19H21ClN2O5S/c20-15-2-4-16(5-3-15)28(24,25)22-10-8-19(23)21-9-7-14-1-6-17-18(13-14)27-12-11-26-17/h1-6,13,22H,7-12H2,(H,21,23). The smallest absolute Gasteiger partial charge is 0.240 e. The Morgan fingerprint density at radius 2 is 1.71 bits per heavy atom. The SMILES string of the molecule is O=C(CCNS(=O)(=O)c1ccc(Cl)cc1)NCCc1ccc2c(c1)OCCO2. The summed E-state index contributed by atoms with van der Waals surface area (Å²) in [6.07, 6.45) is 0.687. The molecule has 1 aliphatic heterocycles. The molecule has 0 bridgehead atoms. The predicted molar refractivity (Wildman–Crippen MR) is 105 cm³/mol. The van der Waals surface area contributed by atoms with E-state index in [4.69, 9.17) is 21.1 Å². The number of benzene rings is 2. The lowest BCUT2D eigenvalue weighted by molar-refractivity contribution is -0.120. The number of sulfonamides is 1. The van der Waals surface area contributed by atoms with Gasteiger partial charge in [0, 0.05) is 24.5 Å². The highest BCUT2D eigenvalue weighted by Crippen LogP contribution is 2.30. The molecule has 7 nitrogen and oxygen atoms in total. The molecule has 0 radical (unpaired) electrons. The van der Waals surface area contributed by atoms with Gasteiger partial charge in [0.25, 0.3) is 0 Å². The van der Waals surface area contributed by atoms with Gasteiger partial charge in [-0.25, -0.2) is 13.1 Å². The van der Waals surface area contributed by atoms with Crippen LogP contribution in [-0.2, 0) is 21.2 Å². The lowest BCUT2D eigenvalue weighted by Crippen LogP contribution is -2.31. The Hall–Kier alpha value is -2.29. The predicted octanol–water partition coefficient (Wildman–Crippen LogP) is 2.14. The van der Waals surface area contributed by atoms with E-state index < -0.39 is 10.0 Å². The zero-order valence-corrected chi connectivity index (χ0v) is 16.7. The molecule has 28 heavy (non-hydrogen) atoms. The van der Waals surface area contributed by atoms with Gasteiger partial charge < -0.3 is 14.8 Å². The molecule has 0 fully saturated rings. The molecule has 2 aromatic rings. The molecule has 0 unspecified atom stereocenters. The highest BCUT2D eigenvalue weighted by atomic mass is 35.5. The first-order valence-corrected chi connectivity index (χ1v) is 10.7. The summed E-state index contributed by atoms with van der Waals surface area (Å²) in [7, 11) is -3.66. The third kappa shape index (κ3) is 5.60. The van der Waals surface area contributed by atoms with Crippen molar-refractivity contribution in [3.8, 4) is 11.5 Å². The second-order valence-corrected chi connectivity index (χ2v) is 8.38. The van der Waals surface area contributed by atoms with Gasteiger partial charge in [0.05, 0.1) is 4.90 Å². The molecule has 1 amide bonds. The van der Waals surface area contributed by atoms with Crippen molar-refractivity contribution >= 4 is 27.5 Å². The highest BCUT2D eigenvalue weighted by Gasteiger charge is 2.14. The molecule has 0 atom stereocenters. The Morgan fingerprint density at radius 1 is 1.00 bits per heavy atom. The zero-order chi connectivity index (χ0) is 20.0. The molecule has 0 aliphatic carbocycles. The minimum absolute atomic E-state index is 0.0147. The maximum atomic E-state index is 12.1.